The lowest BCUT2D eigenvalue weighted by Gasteiger charge is -2.10. The first-order valence-electron chi connectivity index (χ1n) is 7.29. The Labute approximate surface area is 138 Å². The van der Waals surface area contributed by atoms with Crippen LogP contribution >= 0.6 is 0 Å². The second kappa shape index (κ2) is 6.86. The molecular formula is C16H18N6O2. The molecule has 0 unspecified atom stereocenters. The van der Waals surface area contributed by atoms with Crippen LogP contribution in [0.4, 0.5) is 5.69 Å². The van der Waals surface area contributed by atoms with Gasteiger partial charge in [0.15, 0.2) is 28.9 Å². The molecule has 3 N–H and O–H groups in total. The quantitative estimate of drug-likeness (QED) is 0.546. The highest BCUT2D eigenvalue weighted by Gasteiger charge is 2.06. The summed E-state index contributed by atoms with van der Waals surface area (Å²) in [6.07, 6.45) is 1.89. The van der Waals surface area contributed by atoms with E-state index in [0.717, 1.165) is 11.3 Å². The van der Waals surface area contributed by atoms with Crippen LogP contribution in [0.5, 0.6) is 11.5 Å². The molecule has 0 aliphatic heterocycles. The zero-order valence-electron chi connectivity index (χ0n) is 13.4. The summed E-state index contributed by atoms with van der Waals surface area (Å²) in [6.45, 7) is 0.317. The van der Waals surface area contributed by atoms with E-state index in [4.69, 9.17) is 15.2 Å². The maximum absolute atomic E-state index is 5.94. The third-order valence-electron chi connectivity index (χ3n) is 3.43. The number of aromatic nitrogens is 3. The molecule has 3 aromatic rings. The first-order chi connectivity index (χ1) is 11.7. The molecule has 0 saturated heterocycles. The van der Waals surface area contributed by atoms with Crippen LogP contribution in [-0.2, 0) is 6.54 Å². The maximum atomic E-state index is 5.94. The van der Waals surface area contributed by atoms with E-state index in [0.29, 0.717) is 23.9 Å². The van der Waals surface area contributed by atoms with Gasteiger partial charge in [-0.2, -0.15) is 0 Å². The van der Waals surface area contributed by atoms with E-state index >= 15 is 0 Å². The first-order valence-corrected chi connectivity index (χ1v) is 7.29. The van der Waals surface area contributed by atoms with Gasteiger partial charge in [-0.25, -0.2) is 4.99 Å². The number of guanidine groups is 1. The Morgan fingerprint density at radius 1 is 1.17 bits per heavy atom. The number of methoxy groups -OCH3 is 2. The average molecular weight is 326 g/mol. The zero-order valence-corrected chi connectivity index (χ0v) is 13.4. The molecule has 8 nitrogen and oxygen atoms in total. The standard InChI is InChI=1S/C16H18N6O2/c1-23-12-7-6-11(9-13(12)24-2)19-16(17)18-10-15-21-20-14-5-3-4-8-22(14)15/h3-9H,10H2,1-2H3,(H3,17,18,19). The van der Waals surface area contributed by atoms with E-state index in [-0.39, 0.29) is 5.96 Å². The third-order valence-corrected chi connectivity index (χ3v) is 3.43. The minimum Gasteiger partial charge on any atom is -0.493 e. The second-order valence-electron chi connectivity index (χ2n) is 4.94. The number of pyridine rings is 1. The summed E-state index contributed by atoms with van der Waals surface area (Å²) >= 11 is 0. The van der Waals surface area contributed by atoms with E-state index in [2.05, 4.69) is 20.5 Å². The predicted octanol–water partition coefficient (Wildman–Crippen LogP) is 1.67. The van der Waals surface area contributed by atoms with Gasteiger partial charge in [0.25, 0.3) is 0 Å². The SMILES string of the molecule is COc1ccc(NC(N)=NCc2nnc3ccccn23)cc1OC. The number of hydrogen-bond acceptors (Lipinski definition) is 5. The number of ether oxygens (including phenoxy) is 2. The minimum atomic E-state index is 0.273. The lowest BCUT2D eigenvalue weighted by Crippen LogP contribution is -2.22. The van der Waals surface area contributed by atoms with Crippen LogP contribution in [0.1, 0.15) is 5.82 Å². The number of benzene rings is 1. The number of rotatable bonds is 5. The van der Waals surface area contributed by atoms with Gasteiger partial charge in [-0.3, -0.25) is 4.40 Å². The molecule has 0 fully saturated rings. The van der Waals surface area contributed by atoms with Crippen molar-refractivity contribution in [1.82, 2.24) is 14.6 Å². The summed E-state index contributed by atoms with van der Waals surface area (Å²) in [6, 6.07) is 11.1. The summed E-state index contributed by atoms with van der Waals surface area (Å²) in [5, 5.41) is 11.2. The van der Waals surface area contributed by atoms with Gasteiger partial charge < -0.3 is 20.5 Å². The lowest BCUT2D eigenvalue weighted by atomic mass is 10.3. The van der Waals surface area contributed by atoms with Crippen molar-refractivity contribution in [3.63, 3.8) is 0 Å². The molecule has 2 aromatic heterocycles. The Kier molecular flexibility index (Phi) is 4.46. The summed E-state index contributed by atoms with van der Waals surface area (Å²) in [7, 11) is 3.17. The smallest absolute Gasteiger partial charge is 0.193 e. The molecule has 0 saturated carbocycles. The molecule has 0 spiro atoms. The van der Waals surface area contributed by atoms with Crippen LogP contribution in [-0.4, -0.2) is 34.8 Å². The highest BCUT2D eigenvalue weighted by molar-refractivity contribution is 5.92. The summed E-state index contributed by atoms with van der Waals surface area (Å²) in [4.78, 5) is 4.30. The van der Waals surface area contributed by atoms with Crippen molar-refractivity contribution in [2.75, 3.05) is 19.5 Å². The van der Waals surface area contributed by atoms with Crippen LogP contribution in [0, 0.1) is 0 Å². The topological polar surface area (TPSA) is 99.1 Å². The van der Waals surface area contributed by atoms with Gasteiger partial charge in [0.05, 0.1) is 14.2 Å². The molecule has 0 aliphatic rings. The Balaban J connectivity index is 1.72. The number of aliphatic imine (C=N–C) groups is 1. The summed E-state index contributed by atoms with van der Waals surface area (Å²) in [5.74, 6) is 2.24. The minimum absolute atomic E-state index is 0.273. The first kappa shape index (κ1) is 15.6. The number of nitrogens with one attached hydrogen (secondary N) is 1. The van der Waals surface area contributed by atoms with Crippen molar-refractivity contribution in [3.8, 4) is 11.5 Å². The van der Waals surface area contributed by atoms with Crippen molar-refractivity contribution in [3.05, 3.63) is 48.4 Å². The van der Waals surface area contributed by atoms with E-state index < -0.39 is 0 Å². The van der Waals surface area contributed by atoms with Crippen LogP contribution in [0.15, 0.2) is 47.6 Å². The van der Waals surface area contributed by atoms with Crippen LogP contribution in [0.3, 0.4) is 0 Å². The van der Waals surface area contributed by atoms with Crippen LogP contribution < -0.4 is 20.5 Å². The Morgan fingerprint density at radius 2 is 2.00 bits per heavy atom. The summed E-state index contributed by atoms with van der Waals surface area (Å²) in [5.41, 5.74) is 7.46. The van der Waals surface area contributed by atoms with Crippen LogP contribution in [0.2, 0.25) is 0 Å². The monoisotopic (exact) mass is 326 g/mol. The number of nitrogens with zero attached hydrogens (tertiary/aromatic N) is 4. The van der Waals surface area contributed by atoms with E-state index in [1.807, 2.05) is 34.9 Å². The number of fused-ring (bicyclic) bond motifs is 1. The molecule has 8 heteroatoms. The van der Waals surface area contributed by atoms with Gasteiger partial charge in [-0.1, -0.05) is 6.07 Å². The van der Waals surface area contributed by atoms with Gasteiger partial charge >= 0.3 is 0 Å². The summed E-state index contributed by atoms with van der Waals surface area (Å²) < 4.78 is 12.3. The Hall–Kier alpha value is -3.29. The predicted molar refractivity (Wildman–Crippen MR) is 91.5 cm³/mol. The Bertz CT molecular complexity index is 874. The highest BCUT2D eigenvalue weighted by Crippen LogP contribution is 2.29. The normalized spacial score (nSPS) is 11.5. The largest absolute Gasteiger partial charge is 0.493 e. The fraction of sp³-hybridized carbons (Fsp3) is 0.188. The van der Waals surface area contributed by atoms with Crippen molar-refractivity contribution in [2.45, 2.75) is 6.54 Å². The van der Waals surface area contributed by atoms with Crippen molar-refractivity contribution in [1.29, 1.82) is 0 Å². The van der Waals surface area contributed by atoms with Gasteiger partial charge in [-0.15, -0.1) is 10.2 Å². The molecule has 0 atom stereocenters. The number of anilines is 1. The number of nitrogens with two attached hydrogens (primary N) is 1. The maximum Gasteiger partial charge on any atom is 0.193 e. The molecule has 0 bridgehead atoms. The second-order valence-corrected chi connectivity index (χ2v) is 4.94. The average Bonchev–Trinajstić information content (AvgIpc) is 3.03. The third kappa shape index (κ3) is 3.22. The van der Waals surface area contributed by atoms with Crippen molar-refractivity contribution >= 4 is 17.3 Å². The molecule has 0 amide bonds. The van der Waals surface area contributed by atoms with Gasteiger partial charge in [0, 0.05) is 18.0 Å². The lowest BCUT2D eigenvalue weighted by molar-refractivity contribution is 0.355. The van der Waals surface area contributed by atoms with E-state index in [1.54, 1.807) is 26.4 Å². The fourth-order valence-electron chi connectivity index (χ4n) is 2.26. The van der Waals surface area contributed by atoms with Gasteiger partial charge in [-0.05, 0) is 24.3 Å². The Morgan fingerprint density at radius 3 is 2.79 bits per heavy atom. The van der Waals surface area contributed by atoms with Gasteiger partial charge in [0.1, 0.15) is 6.54 Å². The fourth-order valence-corrected chi connectivity index (χ4v) is 2.26. The molecule has 1 aromatic carbocycles. The molecule has 2 heterocycles. The molecule has 0 aliphatic carbocycles. The molecular weight excluding hydrogens is 308 g/mol. The zero-order chi connectivity index (χ0) is 16.9. The van der Waals surface area contributed by atoms with Crippen molar-refractivity contribution in [2.24, 2.45) is 10.7 Å². The van der Waals surface area contributed by atoms with E-state index in [1.165, 1.54) is 0 Å². The molecule has 3 rings (SSSR count). The molecule has 124 valence electrons. The number of hydrogen-bond donors (Lipinski definition) is 2. The molecule has 0 radical (unpaired) electrons. The van der Waals surface area contributed by atoms with Crippen molar-refractivity contribution < 1.29 is 9.47 Å². The van der Waals surface area contributed by atoms with Crippen LogP contribution in [0.25, 0.3) is 5.65 Å². The molecule has 24 heavy (non-hydrogen) atoms. The van der Waals surface area contributed by atoms with Gasteiger partial charge in [0.2, 0.25) is 0 Å². The van der Waals surface area contributed by atoms with E-state index in [9.17, 15) is 0 Å². The highest BCUT2D eigenvalue weighted by atomic mass is 16.5.